The zero-order chi connectivity index (χ0) is 15.6. The number of halogens is 2. The number of nitrogens with zero attached hydrogens (tertiary/aromatic N) is 1. The van der Waals surface area contributed by atoms with Crippen molar-refractivity contribution in [2.45, 2.75) is 0 Å². The Kier molecular flexibility index (Phi) is 4.18. The van der Waals surface area contributed by atoms with Crippen LogP contribution in [0.25, 0.3) is 0 Å². The molecule has 2 aromatic rings. The third-order valence-electron chi connectivity index (χ3n) is 2.59. The van der Waals surface area contributed by atoms with E-state index in [0.29, 0.717) is 4.47 Å². The van der Waals surface area contributed by atoms with Crippen LogP contribution in [0.2, 0.25) is 0 Å². The van der Waals surface area contributed by atoms with Gasteiger partial charge in [-0.05, 0) is 40.2 Å². The minimum absolute atomic E-state index is 0.0139. The normalized spacial score (nSPS) is 10.2. The summed E-state index contributed by atoms with van der Waals surface area (Å²) in [4.78, 5) is 10.4. The van der Waals surface area contributed by atoms with E-state index in [9.17, 15) is 14.5 Å². The van der Waals surface area contributed by atoms with Gasteiger partial charge in [-0.15, -0.1) is 0 Å². The maximum Gasteiger partial charge on any atom is 0.312 e. The molecule has 3 N–H and O–H groups in total. The van der Waals surface area contributed by atoms with E-state index in [1.54, 1.807) is 6.07 Å². The second kappa shape index (κ2) is 5.88. The van der Waals surface area contributed by atoms with Crippen molar-refractivity contribution in [1.82, 2.24) is 0 Å². The summed E-state index contributed by atoms with van der Waals surface area (Å²) in [5.41, 5.74) is 5.12. The Hall–Kier alpha value is -2.48. The van der Waals surface area contributed by atoms with E-state index in [4.69, 9.17) is 15.9 Å². The summed E-state index contributed by atoms with van der Waals surface area (Å²) in [6.45, 7) is 0. The Morgan fingerprint density at radius 1 is 1.38 bits per heavy atom. The van der Waals surface area contributed by atoms with Crippen molar-refractivity contribution in [3.63, 3.8) is 0 Å². The van der Waals surface area contributed by atoms with Gasteiger partial charge in [-0.2, -0.15) is 0 Å². The van der Waals surface area contributed by atoms with Crippen LogP contribution < -0.4 is 10.5 Å². The topological polar surface area (TPSA) is 102 Å². The smallest absolute Gasteiger partial charge is 0.312 e. The standard InChI is InChI=1S/C13H9BrFN3O3/c14-9-2-1-3-10(18(19)20)12(9)21-11-5-4-7(15)6-8(11)13(16)17/h1-6H,(H3,16,17). The lowest BCUT2D eigenvalue weighted by molar-refractivity contribution is -0.385. The van der Waals surface area contributed by atoms with Crippen LogP contribution in [0, 0.1) is 21.3 Å². The van der Waals surface area contributed by atoms with E-state index >= 15 is 0 Å². The third kappa shape index (κ3) is 3.16. The van der Waals surface area contributed by atoms with Gasteiger partial charge >= 0.3 is 5.69 Å². The number of ether oxygens (including phenoxy) is 1. The summed E-state index contributed by atoms with van der Waals surface area (Å²) in [6, 6.07) is 7.74. The summed E-state index contributed by atoms with van der Waals surface area (Å²) in [7, 11) is 0. The SMILES string of the molecule is N=C(N)c1cc(F)ccc1Oc1c(Br)cccc1[N+](=O)[O-]. The quantitative estimate of drug-likeness (QED) is 0.379. The average molecular weight is 354 g/mol. The van der Waals surface area contributed by atoms with Crippen molar-refractivity contribution < 1.29 is 14.1 Å². The fourth-order valence-electron chi connectivity index (χ4n) is 1.65. The van der Waals surface area contributed by atoms with Crippen molar-refractivity contribution >= 4 is 27.5 Å². The lowest BCUT2D eigenvalue weighted by Gasteiger charge is -2.11. The molecule has 8 heteroatoms. The van der Waals surface area contributed by atoms with Gasteiger partial charge in [0, 0.05) is 6.07 Å². The molecule has 0 amide bonds. The van der Waals surface area contributed by atoms with Crippen LogP contribution in [0.3, 0.4) is 0 Å². The van der Waals surface area contributed by atoms with Gasteiger partial charge in [-0.1, -0.05) is 6.07 Å². The molecule has 2 rings (SSSR count). The molecule has 0 aliphatic heterocycles. The molecule has 0 spiro atoms. The van der Waals surface area contributed by atoms with Crippen LogP contribution in [-0.2, 0) is 0 Å². The Morgan fingerprint density at radius 3 is 2.71 bits per heavy atom. The molecule has 0 aliphatic rings. The molecule has 2 aromatic carbocycles. The van der Waals surface area contributed by atoms with E-state index in [0.717, 1.165) is 12.1 Å². The Bertz CT molecular complexity index is 737. The maximum absolute atomic E-state index is 13.2. The number of nitrogen functional groups attached to an aromatic ring is 1. The minimum Gasteiger partial charge on any atom is -0.448 e. The van der Waals surface area contributed by atoms with Gasteiger partial charge in [-0.3, -0.25) is 15.5 Å². The lowest BCUT2D eigenvalue weighted by atomic mass is 10.2. The fraction of sp³-hybridized carbons (Fsp3) is 0. The molecular formula is C13H9BrFN3O3. The number of benzene rings is 2. The molecule has 6 nitrogen and oxygen atoms in total. The fourth-order valence-corrected chi connectivity index (χ4v) is 2.09. The van der Waals surface area contributed by atoms with Gasteiger partial charge in [0.15, 0.2) is 0 Å². The van der Waals surface area contributed by atoms with Crippen LogP contribution >= 0.6 is 15.9 Å². The van der Waals surface area contributed by atoms with Crippen LogP contribution in [0.5, 0.6) is 11.5 Å². The first kappa shape index (κ1) is 14.9. The average Bonchev–Trinajstić information content (AvgIpc) is 2.42. The predicted molar refractivity (Wildman–Crippen MR) is 78.3 cm³/mol. The number of nitrogens with one attached hydrogen (secondary N) is 1. The number of amidine groups is 1. The van der Waals surface area contributed by atoms with Crippen LogP contribution in [0.1, 0.15) is 5.56 Å². The highest BCUT2D eigenvalue weighted by molar-refractivity contribution is 9.10. The maximum atomic E-state index is 13.2. The summed E-state index contributed by atoms with van der Waals surface area (Å²) >= 11 is 3.16. The largest absolute Gasteiger partial charge is 0.448 e. The highest BCUT2D eigenvalue weighted by Gasteiger charge is 2.20. The summed E-state index contributed by atoms with van der Waals surface area (Å²) in [6.07, 6.45) is 0. The summed E-state index contributed by atoms with van der Waals surface area (Å²) in [5.74, 6) is -0.983. The molecule has 0 saturated carbocycles. The number of para-hydroxylation sites is 1. The number of nitro groups is 1. The van der Waals surface area contributed by atoms with E-state index in [1.165, 1.54) is 18.2 Å². The first-order valence-electron chi connectivity index (χ1n) is 5.65. The lowest BCUT2D eigenvalue weighted by Crippen LogP contribution is -2.12. The summed E-state index contributed by atoms with van der Waals surface area (Å²) < 4.78 is 19.0. The zero-order valence-electron chi connectivity index (χ0n) is 10.5. The molecule has 0 fully saturated rings. The van der Waals surface area contributed by atoms with Gasteiger partial charge in [-0.25, -0.2) is 4.39 Å². The molecule has 0 bridgehead atoms. The molecule has 0 unspecified atom stereocenters. The molecule has 0 aliphatic carbocycles. The van der Waals surface area contributed by atoms with Crippen LogP contribution in [0.4, 0.5) is 10.1 Å². The molecule has 0 aromatic heterocycles. The number of rotatable bonds is 4. The second-order valence-electron chi connectivity index (χ2n) is 4.00. The first-order valence-corrected chi connectivity index (χ1v) is 6.44. The predicted octanol–water partition coefficient (Wildman–Crippen LogP) is 3.57. The van der Waals surface area contributed by atoms with E-state index in [2.05, 4.69) is 15.9 Å². The Labute approximate surface area is 127 Å². The number of hydrogen-bond donors (Lipinski definition) is 2. The molecule has 108 valence electrons. The number of hydrogen-bond acceptors (Lipinski definition) is 4. The highest BCUT2D eigenvalue weighted by Crippen LogP contribution is 2.38. The first-order chi connectivity index (χ1) is 9.90. The van der Waals surface area contributed by atoms with Gasteiger partial charge < -0.3 is 10.5 Å². The monoisotopic (exact) mass is 353 g/mol. The van der Waals surface area contributed by atoms with Crippen LogP contribution in [0.15, 0.2) is 40.9 Å². The summed E-state index contributed by atoms with van der Waals surface area (Å²) in [5, 5.41) is 18.4. The van der Waals surface area contributed by atoms with Gasteiger partial charge in [0.25, 0.3) is 0 Å². The number of nitro benzene ring substituents is 1. The van der Waals surface area contributed by atoms with Crippen molar-refractivity contribution in [2.75, 3.05) is 0 Å². The van der Waals surface area contributed by atoms with Crippen molar-refractivity contribution in [2.24, 2.45) is 5.73 Å². The van der Waals surface area contributed by atoms with Gasteiger partial charge in [0.2, 0.25) is 5.75 Å². The van der Waals surface area contributed by atoms with Crippen molar-refractivity contribution in [3.8, 4) is 11.5 Å². The Balaban J connectivity index is 2.53. The molecule has 0 atom stereocenters. The minimum atomic E-state index is -0.600. The van der Waals surface area contributed by atoms with E-state index < -0.39 is 16.6 Å². The molecule has 21 heavy (non-hydrogen) atoms. The highest BCUT2D eigenvalue weighted by atomic mass is 79.9. The van der Waals surface area contributed by atoms with E-state index in [-0.39, 0.29) is 22.7 Å². The van der Waals surface area contributed by atoms with Gasteiger partial charge in [0.05, 0.1) is 15.0 Å². The molecule has 0 radical (unpaired) electrons. The van der Waals surface area contributed by atoms with Crippen LogP contribution in [-0.4, -0.2) is 10.8 Å². The molecular weight excluding hydrogens is 345 g/mol. The molecule has 0 saturated heterocycles. The van der Waals surface area contributed by atoms with Crippen molar-refractivity contribution in [3.05, 3.63) is 62.4 Å². The Morgan fingerprint density at radius 2 is 2.10 bits per heavy atom. The van der Waals surface area contributed by atoms with E-state index in [1.807, 2.05) is 0 Å². The number of nitrogens with two attached hydrogens (primary N) is 1. The second-order valence-corrected chi connectivity index (χ2v) is 4.86. The van der Waals surface area contributed by atoms with Crippen molar-refractivity contribution in [1.29, 1.82) is 5.41 Å². The zero-order valence-corrected chi connectivity index (χ0v) is 12.1. The van der Waals surface area contributed by atoms with Gasteiger partial charge in [0.1, 0.15) is 17.4 Å². The molecule has 0 heterocycles. The third-order valence-corrected chi connectivity index (χ3v) is 3.21.